The maximum atomic E-state index is 3.48. The van der Waals surface area contributed by atoms with Gasteiger partial charge >= 0.3 is 0 Å². The van der Waals surface area contributed by atoms with Crippen LogP contribution in [0.4, 0.5) is 5.69 Å². The average molecular weight is 183 g/mol. The first-order chi connectivity index (χ1) is 6.86. The van der Waals surface area contributed by atoms with Gasteiger partial charge in [0, 0.05) is 17.3 Å². The first kappa shape index (κ1) is 7.86. The minimum atomic E-state index is 0.552. The Labute approximate surface area is 84.1 Å². The fourth-order valence-corrected chi connectivity index (χ4v) is 2.44. The van der Waals surface area contributed by atoms with Gasteiger partial charge in [-0.05, 0) is 23.6 Å². The Morgan fingerprint density at radius 3 is 3.00 bits per heavy atom. The van der Waals surface area contributed by atoms with Crippen LogP contribution in [0.3, 0.4) is 0 Å². The number of fused-ring (bicyclic) bond motifs is 3. The van der Waals surface area contributed by atoms with E-state index in [2.05, 4.69) is 54.7 Å². The highest BCUT2D eigenvalue weighted by Gasteiger charge is 2.30. The van der Waals surface area contributed by atoms with Gasteiger partial charge in [-0.1, -0.05) is 37.3 Å². The molecule has 1 heteroatoms. The van der Waals surface area contributed by atoms with E-state index in [1.165, 1.54) is 16.9 Å². The van der Waals surface area contributed by atoms with Gasteiger partial charge in [0.15, 0.2) is 0 Å². The molecule has 0 saturated heterocycles. The van der Waals surface area contributed by atoms with E-state index in [0.29, 0.717) is 11.8 Å². The van der Waals surface area contributed by atoms with Crippen molar-refractivity contribution in [2.24, 2.45) is 5.92 Å². The van der Waals surface area contributed by atoms with E-state index in [9.17, 15) is 0 Å². The molecule has 1 heterocycles. The highest BCUT2D eigenvalue weighted by molar-refractivity contribution is 5.66. The fraction of sp³-hybridized carbons (Fsp3) is 0.231. The normalized spacial score (nSPS) is 27.6. The molecule has 0 saturated carbocycles. The van der Waals surface area contributed by atoms with E-state index >= 15 is 0 Å². The molecule has 1 aliphatic carbocycles. The topological polar surface area (TPSA) is 12.0 Å². The number of rotatable bonds is 0. The number of para-hydroxylation sites is 1. The van der Waals surface area contributed by atoms with E-state index in [1.54, 1.807) is 0 Å². The second-order valence-electron chi connectivity index (χ2n) is 4.06. The Hall–Kier alpha value is -1.50. The average Bonchev–Trinajstić information content (AvgIpc) is 2.57. The van der Waals surface area contributed by atoms with Gasteiger partial charge in [0.25, 0.3) is 0 Å². The Morgan fingerprint density at radius 2 is 2.07 bits per heavy atom. The molecule has 0 spiro atoms. The zero-order valence-electron chi connectivity index (χ0n) is 8.20. The molecular formula is C13H13N. The third-order valence-electron chi connectivity index (χ3n) is 3.13. The summed E-state index contributed by atoms with van der Waals surface area (Å²) in [7, 11) is 0. The number of allylic oxidation sites excluding steroid dienone is 4. The lowest BCUT2D eigenvalue weighted by atomic mass is 9.84. The van der Waals surface area contributed by atoms with Crippen molar-refractivity contribution < 1.29 is 0 Å². The van der Waals surface area contributed by atoms with Gasteiger partial charge in [-0.15, -0.1) is 0 Å². The molecule has 1 nitrogen and oxygen atoms in total. The minimum Gasteiger partial charge on any atom is -0.358 e. The van der Waals surface area contributed by atoms with Crippen molar-refractivity contribution >= 4 is 5.69 Å². The number of hydrogen-bond donors (Lipinski definition) is 1. The molecule has 70 valence electrons. The van der Waals surface area contributed by atoms with Crippen LogP contribution in [0.15, 0.2) is 48.2 Å². The first-order valence-corrected chi connectivity index (χ1v) is 5.10. The van der Waals surface area contributed by atoms with Crippen LogP contribution in [0.2, 0.25) is 0 Å². The predicted molar refractivity (Wildman–Crippen MR) is 59.2 cm³/mol. The molecule has 2 atom stereocenters. The van der Waals surface area contributed by atoms with Crippen molar-refractivity contribution in [2.45, 2.75) is 12.8 Å². The van der Waals surface area contributed by atoms with Crippen LogP contribution < -0.4 is 5.32 Å². The maximum Gasteiger partial charge on any atom is 0.0421 e. The van der Waals surface area contributed by atoms with Gasteiger partial charge < -0.3 is 5.32 Å². The summed E-state index contributed by atoms with van der Waals surface area (Å²) < 4.78 is 0. The third-order valence-corrected chi connectivity index (χ3v) is 3.13. The standard InChI is InChI=1S/C13H13N/c1-9-5-4-8-12-13(9)10-6-2-3-7-11(10)14-12/h2-9,13-14H,1H3. The van der Waals surface area contributed by atoms with Gasteiger partial charge in [0.2, 0.25) is 0 Å². The van der Waals surface area contributed by atoms with Crippen molar-refractivity contribution in [3.63, 3.8) is 0 Å². The van der Waals surface area contributed by atoms with Gasteiger partial charge in [-0.3, -0.25) is 0 Å². The third kappa shape index (κ3) is 0.955. The lowest BCUT2D eigenvalue weighted by Gasteiger charge is -2.20. The quantitative estimate of drug-likeness (QED) is 0.650. The second kappa shape index (κ2) is 2.74. The van der Waals surface area contributed by atoms with Crippen molar-refractivity contribution in [1.29, 1.82) is 0 Å². The SMILES string of the molecule is CC1C=CC=C2Nc3ccccc3C21. The predicted octanol–water partition coefficient (Wildman–Crippen LogP) is 3.29. The maximum absolute atomic E-state index is 3.48. The molecule has 1 aliphatic heterocycles. The fourth-order valence-electron chi connectivity index (χ4n) is 2.44. The van der Waals surface area contributed by atoms with E-state index < -0.39 is 0 Å². The molecule has 14 heavy (non-hydrogen) atoms. The van der Waals surface area contributed by atoms with Crippen molar-refractivity contribution in [2.75, 3.05) is 5.32 Å². The Balaban J connectivity index is 2.15. The van der Waals surface area contributed by atoms with Gasteiger partial charge in [0.1, 0.15) is 0 Å². The van der Waals surface area contributed by atoms with Crippen LogP contribution in [0.25, 0.3) is 0 Å². The first-order valence-electron chi connectivity index (χ1n) is 5.10. The molecule has 2 unspecified atom stereocenters. The van der Waals surface area contributed by atoms with Crippen molar-refractivity contribution in [1.82, 2.24) is 0 Å². The Kier molecular flexibility index (Phi) is 1.54. The van der Waals surface area contributed by atoms with Crippen LogP contribution in [-0.2, 0) is 0 Å². The Bertz CT molecular complexity index is 429. The van der Waals surface area contributed by atoms with Crippen molar-refractivity contribution in [3.05, 3.63) is 53.8 Å². The molecule has 3 rings (SSSR count). The number of anilines is 1. The molecule has 0 fully saturated rings. The molecule has 0 bridgehead atoms. The molecule has 2 aliphatic rings. The molecule has 0 aromatic heterocycles. The molecule has 1 aromatic carbocycles. The van der Waals surface area contributed by atoms with E-state index in [1.807, 2.05) is 0 Å². The molecule has 0 radical (unpaired) electrons. The van der Waals surface area contributed by atoms with Crippen molar-refractivity contribution in [3.8, 4) is 0 Å². The lowest BCUT2D eigenvalue weighted by Crippen LogP contribution is -2.10. The molecular weight excluding hydrogens is 170 g/mol. The smallest absolute Gasteiger partial charge is 0.0421 e. The van der Waals surface area contributed by atoms with Crippen LogP contribution >= 0.6 is 0 Å². The van der Waals surface area contributed by atoms with Gasteiger partial charge in [-0.25, -0.2) is 0 Å². The van der Waals surface area contributed by atoms with Gasteiger partial charge in [-0.2, -0.15) is 0 Å². The zero-order chi connectivity index (χ0) is 9.54. The number of hydrogen-bond acceptors (Lipinski definition) is 1. The van der Waals surface area contributed by atoms with Crippen LogP contribution in [0.1, 0.15) is 18.4 Å². The molecule has 0 amide bonds. The summed E-state index contributed by atoms with van der Waals surface area (Å²) in [5, 5.41) is 3.48. The van der Waals surface area contributed by atoms with Crippen LogP contribution in [0.5, 0.6) is 0 Å². The molecule has 1 N–H and O–H groups in total. The number of nitrogens with one attached hydrogen (secondary N) is 1. The van der Waals surface area contributed by atoms with E-state index in [-0.39, 0.29) is 0 Å². The number of benzene rings is 1. The highest BCUT2D eigenvalue weighted by Crippen LogP contribution is 2.44. The van der Waals surface area contributed by atoms with E-state index in [4.69, 9.17) is 0 Å². The monoisotopic (exact) mass is 183 g/mol. The summed E-state index contributed by atoms with van der Waals surface area (Å²) in [4.78, 5) is 0. The summed E-state index contributed by atoms with van der Waals surface area (Å²) in [6.45, 7) is 2.28. The van der Waals surface area contributed by atoms with Gasteiger partial charge in [0.05, 0.1) is 0 Å². The molecule has 1 aromatic rings. The minimum absolute atomic E-state index is 0.552. The summed E-state index contributed by atoms with van der Waals surface area (Å²) in [5.41, 5.74) is 4.07. The highest BCUT2D eigenvalue weighted by atomic mass is 14.9. The summed E-state index contributed by atoms with van der Waals surface area (Å²) in [6, 6.07) is 8.58. The lowest BCUT2D eigenvalue weighted by molar-refractivity contribution is 0.625. The summed E-state index contributed by atoms with van der Waals surface area (Å²) in [6.07, 6.45) is 6.61. The van der Waals surface area contributed by atoms with Crippen LogP contribution in [0, 0.1) is 5.92 Å². The summed E-state index contributed by atoms with van der Waals surface area (Å²) >= 11 is 0. The van der Waals surface area contributed by atoms with E-state index in [0.717, 1.165) is 0 Å². The second-order valence-corrected chi connectivity index (χ2v) is 4.06. The Morgan fingerprint density at radius 1 is 1.21 bits per heavy atom. The summed E-state index contributed by atoms with van der Waals surface area (Å²) in [5.74, 6) is 1.15. The largest absolute Gasteiger partial charge is 0.358 e. The van der Waals surface area contributed by atoms with Crippen LogP contribution in [-0.4, -0.2) is 0 Å². The zero-order valence-corrected chi connectivity index (χ0v) is 8.20.